The van der Waals surface area contributed by atoms with E-state index in [-0.39, 0.29) is 26.0 Å². The molecule has 1 aliphatic heterocycles. The molecule has 1 saturated heterocycles. The lowest BCUT2D eigenvalue weighted by molar-refractivity contribution is -0.0443. The summed E-state index contributed by atoms with van der Waals surface area (Å²) < 4.78 is 59.2. The molecule has 0 bridgehead atoms. The van der Waals surface area contributed by atoms with Crippen molar-refractivity contribution in [3.8, 4) is 0 Å². The average molecular weight is 473 g/mol. The number of carbonyl (C=O) groups excluding carboxylic acids is 3. The summed E-state index contributed by atoms with van der Waals surface area (Å²) in [5, 5.41) is 0. The topological polar surface area (TPSA) is 82.1 Å². The van der Waals surface area contributed by atoms with Crippen LogP contribution in [-0.2, 0) is 14.2 Å². The zero-order valence-electron chi connectivity index (χ0n) is 19.7. The SMILES string of the molecule is CC(C)(C)OC(=O)c1cc(F)c(C(=O)CC[C@H]2CN(C(=O)OC(C)(C)C)CCO2)c(F)c1F. The van der Waals surface area contributed by atoms with Gasteiger partial charge in [-0.05, 0) is 54.0 Å². The van der Waals surface area contributed by atoms with Crippen LogP contribution in [0.15, 0.2) is 6.07 Å². The number of nitrogens with zero attached hydrogens (tertiary/aromatic N) is 1. The quantitative estimate of drug-likeness (QED) is 0.352. The van der Waals surface area contributed by atoms with Crippen molar-refractivity contribution >= 4 is 17.8 Å². The second-order valence-electron chi connectivity index (χ2n) is 9.79. The van der Waals surface area contributed by atoms with Crippen LogP contribution in [0.25, 0.3) is 0 Å². The van der Waals surface area contributed by atoms with Gasteiger partial charge in [0.15, 0.2) is 17.4 Å². The lowest BCUT2D eigenvalue weighted by Gasteiger charge is -2.34. The van der Waals surface area contributed by atoms with Crippen molar-refractivity contribution < 1.29 is 41.8 Å². The molecule has 0 N–H and O–H groups in total. The number of ether oxygens (including phenoxy) is 3. The number of benzene rings is 1. The minimum Gasteiger partial charge on any atom is -0.456 e. The number of morpholine rings is 1. The van der Waals surface area contributed by atoms with Crippen LogP contribution in [0.2, 0.25) is 0 Å². The van der Waals surface area contributed by atoms with E-state index >= 15 is 0 Å². The molecule has 1 amide bonds. The third kappa shape index (κ3) is 7.45. The largest absolute Gasteiger partial charge is 0.456 e. The molecule has 1 aliphatic rings. The number of Topliss-reactive ketones (excluding diaryl/α,β-unsaturated/α-hetero) is 1. The molecule has 1 aromatic rings. The Morgan fingerprint density at radius 3 is 2.21 bits per heavy atom. The maximum atomic E-state index is 14.5. The van der Waals surface area contributed by atoms with Gasteiger partial charge >= 0.3 is 12.1 Å². The summed E-state index contributed by atoms with van der Waals surface area (Å²) >= 11 is 0. The van der Waals surface area contributed by atoms with E-state index in [0.717, 1.165) is 0 Å². The van der Waals surface area contributed by atoms with Gasteiger partial charge in [-0.2, -0.15) is 0 Å². The summed E-state index contributed by atoms with van der Waals surface area (Å²) in [5.74, 6) is -6.99. The standard InChI is InChI=1S/C23H30F3NO6/c1-22(2,3)32-20(29)14-11-15(24)17(19(26)18(14)25)16(28)8-7-13-12-27(9-10-31-13)21(30)33-23(4,5)6/h11,13H,7-10,12H2,1-6H3/t13-/m0/s1. The molecule has 0 aromatic heterocycles. The molecule has 1 aromatic carbocycles. The van der Waals surface area contributed by atoms with Crippen molar-refractivity contribution in [1.82, 2.24) is 4.90 Å². The van der Waals surface area contributed by atoms with Crippen LogP contribution >= 0.6 is 0 Å². The molecule has 7 nitrogen and oxygen atoms in total. The van der Waals surface area contributed by atoms with Crippen LogP contribution in [0.3, 0.4) is 0 Å². The first-order chi connectivity index (χ1) is 15.1. The number of esters is 1. The van der Waals surface area contributed by atoms with Gasteiger partial charge in [0.25, 0.3) is 0 Å². The minimum absolute atomic E-state index is 0.0481. The molecule has 0 radical (unpaired) electrons. The predicted molar refractivity (Wildman–Crippen MR) is 113 cm³/mol. The fourth-order valence-electron chi connectivity index (χ4n) is 3.14. The fourth-order valence-corrected chi connectivity index (χ4v) is 3.14. The van der Waals surface area contributed by atoms with Gasteiger partial charge in [-0.15, -0.1) is 0 Å². The Labute approximate surface area is 191 Å². The summed E-state index contributed by atoms with van der Waals surface area (Å²) in [4.78, 5) is 38.2. The van der Waals surface area contributed by atoms with Crippen molar-refractivity contribution in [2.24, 2.45) is 0 Å². The van der Waals surface area contributed by atoms with Crippen LogP contribution < -0.4 is 0 Å². The molecule has 33 heavy (non-hydrogen) atoms. The molecule has 0 unspecified atom stereocenters. The van der Waals surface area contributed by atoms with Gasteiger partial charge in [-0.25, -0.2) is 22.8 Å². The van der Waals surface area contributed by atoms with E-state index in [2.05, 4.69) is 0 Å². The van der Waals surface area contributed by atoms with E-state index in [9.17, 15) is 27.6 Å². The van der Waals surface area contributed by atoms with Crippen molar-refractivity contribution in [3.05, 3.63) is 34.6 Å². The van der Waals surface area contributed by atoms with Crippen molar-refractivity contribution in [2.75, 3.05) is 19.7 Å². The summed E-state index contributed by atoms with van der Waals surface area (Å²) in [6, 6.07) is 0.459. The normalized spacial score (nSPS) is 17.0. The zero-order valence-corrected chi connectivity index (χ0v) is 19.7. The summed E-state index contributed by atoms with van der Waals surface area (Å²) in [6.07, 6.45) is -1.40. The first kappa shape index (κ1) is 26.6. The average Bonchev–Trinajstić information content (AvgIpc) is 2.66. The highest BCUT2D eigenvalue weighted by atomic mass is 19.2. The molecular weight excluding hydrogens is 443 g/mol. The minimum atomic E-state index is -1.75. The first-order valence-electron chi connectivity index (χ1n) is 10.6. The molecule has 1 heterocycles. The molecule has 0 spiro atoms. The van der Waals surface area contributed by atoms with Crippen LogP contribution in [0, 0.1) is 17.5 Å². The number of ketones is 1. The van der Waals surface area contributed by atoms with Gasteiger partial charge in [-0.1, -0.05) is 0 Å². The zero-order chi connectivity index (χ0) is 25.1. The summed E-state index contributed by atoms with van der Waals surface area (Å²) in [5.41, 5.74) is -3.68. The molecule has 0 aliphatic carbocycles. The maximum Gasteiger partial charge on any atom is 0.410 e. The van der Waals surface area contributed by atoms with E-state index in [4.69, 9.17) is 14.2 Å². The molecular formula is C23H30F3NO6. The lowest BCUT2D eigenvalue weighted by atomic mass is 10.0. The number of rotatable bonds is 5. The first-order valence-corrected chi connectivity index (χ1v) is 10.6. The molecule has 2 rings (SSSR count). The molecule has 1 fully saturated rings. The molecule has 184 valence electrons. The Bertz CT molecular complexity index is 920. The van der Waals surface area contributed by atoms with E-state index in [1.165, 1.54) is 25.7 Å². The van der Waals surface area contributed by atoms with Gasteiger partial charge in [-0.3, -0.25) is 4.79 Å². The lowest BCUT2D eigenvalue weighted by Crippen LogP contribution is -2.47. The van der Waals surface area contributed by atoms with E-state index in [0.29, 0.717) is 12.6 Å². The smallest absolute Gasteiger partial charge is 0.410 e. The van der Waals surface area contributed by atoms with E-state index in [1.54, 1.807) is 20.8 Å². The molecule has 0 saturated carbocycles. The maximum absolute atomic E-state index is 14.5. The Kier molecular flexibility index (Phi) is 8.16. The van der Waals surface area contributed by atoms with E-state index < -0.39 is 63.7 Å². The number of hydrogen-bond acceptors (Lipinski definition) is 6. The Balaban J connectivity index is 2.07. The monoisotopic (exact) mass is 473 g/mol. The van der Waals surface area contributed by atoms with Crippen molar-refractivity contribution in [1.29, 1.82) is 0 Å². The van der Waals surface area contributed by atoms with Gasteiger partial charge in [0.05, 0.1) is 24.8 Å². The van der Waals surface area contributed by atoms with Gasteiger partial charge in [0, 0.05) is 13.0 Å². The highest BCUT2D eigenvalue weighted by Gasteiger charge is 2.31. The molecule has 10 heteroatoms. The Morgan fingerprint density at radius 1 is 1.03 bits per heavy atom. The molecule has 1 atom stereocenters. The Morgan fingerprint density at radius 2 is 1.64 bits per heavy atom. The highest BCUT2D eigenvalue weighted by Crippen LogP contribution is 2.25. The fraction of sp³-hybridized carbons (Fsp3) is 0.609. The van der Waals surface area contributed by atoms with Crippen LogP contribution in [0.4, 0.5) is 18.0 Å². The second kappa shape index (κ2) is 10.1. The van der Waals surface area contributed by atoms with Crippen molar-refractivity contribution in [2.45, 2.75) is 71.7 Å². The van der Waals surface area contributed by atoms with Crippen LogP contribution in [0.5, 0.6) is 0 Å². The van der Waals surface area contributed by atoms with Crippen molar-refractivity contribution in [3.63, 3.8) is 0 Å². The van der Waals surface area contributed by atoms with E-state index in [1.807, 2.05) is 0 Å². The number of hydrogen-bond donors (Lipinski definition) is 0. The predicted octanol–water partition coefficient (Wildman–Crippen LogP) is 4.66. The Hall–Kier alpha value is -2.62. The number of halogens is 3. The van der Waals surface area contributed by atoms with Crippen LogP contribution in [-0.4, -0.2) is 59.7 Å². The second-order valence-corrected chi connectivity index (χ2v) is 9.79. The van der Waals surface area contributed by atoms with Gasteiger partial charge < -0.3 is 19.1 Å². The number of carbonyl (C=O) groups is 3. The summed E-state index contributed by atoms with van der Waals surface area (Å²) in [6.45, 7) is 10.4. The highest BCUT2D eigenvalue weighted by molar-refractivity contribution is 5.98. The number of amides is 1. The third-order valence-corrected chi connectivity index (χ3v) is 4.54. The summed E-state index contributed by atoms with van der Waals surface area (Å²) in [7, 11) is 0. The van der Waals surface area contributed by atoms with Crippen LogP contribution in [0.1, 0.15) is 75.1 Å². The van der Waals surface area contributed by atoms with Gasteiger partial charge in [0.1, 0.15) is 22.6 Å². The van der Waals surface area contributed by atoms with Gasteiger partial charge in [0.2, 0.25) is 0 Å². The third-order valence-electron chi connectivity index (χ3n) is 4.54.